The Hall–Kier alpha value is -1.45. The third kappa shape index (κ3) is 2.45. The van der Waals surface area contributed by atoms with Gasteiger partial charge in [0.1, 0.15) is 11.7 Å². The average molecular weight is 326 g/mol. The van der Waals surface area contributed by atoms with E-state index in [1.54, 1.807) is 10.9 Å². The van der Waals surface area contributed by atoms with Crippen LogP contribution in [0, 0.1) is 12.3 Å². The quantitative estimate of drug-likeness (QED) is 0.523. The smallest absolute Gasteiger partial charge is 0.226 e. The number of ether oxygens (including phenoxy) is 1. The molecule has 0 saturated carbocycles. The van der Waals surface area contributed by atoms with Gasteiger partial charge in [-0.1, -0.05) is 5.92 Å². The standard InChI is InChI=1S/C12H13ClN5O2P/c1-2-12(5-19-21)4-3-7(20-12)18-6-15-8-9(14)16-11(13)17-10(8)18/h1,6-7H,3-5,21H2,(H2,14,16,17). The van der Waals surface area contributed by atoms with E-state index in [-0.39, 0.29) is 17.3 Å². The van der Waals surface area contributed by atoms with Gasteiger partial charge in [-0.05, 0) is 24.4 Å². The van der Waals surface area contributed by atoms with Crippen LogP contribution in [-0.4, -0.2) is 31.7 Å². The number of fused-ring (bicyclic) bond motifs is 1. The summed E-state index contributed by atoms with van der Waals surface area (Å²) in [7, 11) is 2.18. The minimum absolute atomic E-state index is 0.0660. The van der Waals surface area contributed by atoms with Crippen molar-refractivity contribution in [2.24, 2.45) is 0 Å². The van der Waals surface area contributed by atoms with Gasteiger partial charge in [-0.3, -0.25) is 4.57 Å². The van der Waals surface area contributed by atoms with Crippen LogP contribution in [0.3, 0.4) is 0 Å². The summed E-state index contributed by atoms with van der Waals surface area (Å²) < 4.78 is 12.8. The molecule has 2 N–H and O–H groups in total. The Kier molecular flexibility index (Phi) is 3.72. The molecule has 3 rings (SSSR count). The second kappa shape index (κ2) is 5.39. The Morgan fingerprint density at radius 2 is 2.48 bits per heavy atom. The summed E-state index contributed by atoms with van der Waals surface area (Å²) in [6.07, 6.45) is 8.27. The molecule has 0 radical (unpaired) electrons. The van der Waals surface area contributed by atoms with E-state index in [1.807, 2.05) is 0 Å². The van der Waals surface area contributed by atoms with E-state index in [0.29, 0.717) is 30.6 Å². The molecule has 0 aromatic carbocycles. The van der Waals surface area contributed by atoms with Crippen LogP contribution in [-0.2, 0) is 9.26 Å². The first-order chi connectivity index (χ1) is 10.1. The Morgan fingerprint density at radius 1 is 1.67 bits per heavy atom. The minimum Gasteiger partial charge on any atom is -0.382 e. The number of nitrogens with zero attached hydrogens (tertiary/aromatic N) is 4. The molecule has 2 aromatic heterocycles. The molecule has 110 valence electrons. The van der Waals surface area contributed by atoms with E-state index in [9.17, 15) is 0 Å². The van der Waals surface area contributed by atoms with Gasteiger partial charge in [0.05, 0.1) is 12.9 Å². The van der Waals surface area contributed by atoms with Crippen molar-refractivity contribution < 1.29 is 9.26 Å². The fourth-order valence-electron chi connectivity index (χ4n) is 2.44. The lowest BCUT2D eigenvalue weighted by Gasteiger charge is -2.23. The zero-order valence-corrected chi connectivity index (χ0v) is 12.9. The summed E-state index contributed by atoms with van der Waals surface area (Å²) in [6, 6.07) is 0. The summed E-state index contributed by atoms with van der Waals surface area (Å²) in [5.41, 5.74) is 6.06. The van der Waals surface area contributed by atoms with Gasteiger partial charge in [-0.25, -0.2) is 4.98 Å². The van der Waals surface area contributed by atoms with Crippen molar-refractivity contribution in [3.63, 3.8) is 0 Å². The molecular formula is C12H13ClN5O2P. The molecule has 3 atom stereocenters. The number of hydrogen-bond acceptors (Lipinski definition) is 6. The first-order valence-corrected chi connectivity index (χ1v) is 7.06. The lowest BCUT2D eigenvalue weighted by molar-refractivity contribution is -0.0540. The Labute approximate surface area is 128 Å². The van der Waals surface area contributed by atoms with E-state index in [0.717, 1.165) is 0 Å². The molecule has 1 aliphatic rings. The van der Waals surface area contributed by atoms with Crippen molar-refractivity contribution in [1.29, 1.82) is 0 Å². The Morgan fingerprint density at radius 3 is 3.19 bits per heavy atom. The lowest BCUT2D eigenvalue weighted by atomic mass is 10.0. The van der Waals surface area contributed by atoms with Crippen molar-refractivity contribution in [2.45, 2.75) is 24.7 Å². The molecule has 3 unspecified atom stereocenters. The fourth-order valence-corrected chi connectivity index (χ4v) is 2.88. The molecule has 0 amide bonds. The topological polar surface area (TPSA) is 88.1 Å². The largest absolute Gasteiger partial charge is 0.382 e. The van der Waals surface area contributed by atoms with Gasteiger partial charge in [0.15, 0.2) is 17.1 Å². The predicted molar refractivity (Wildman–Crippen MR) is 81.3 cm³/mol. The number of nitrogen functional groups attached to an aromatic ring is 1. The summed E-state index contributed by atoms with van der Waals surface area (Å²) in [4.78, 5) is 12.3. The SMILES string of the molecule is C#CC1(COP)CCC(n2cnc3c(N)nc(Cl)nc32)O1. The van der Waals surface area contributed by atoms with Crippen LogP contribution >= 0.6 is 21.1 Å². The normalized spacial score (nSPS) is 25.3. The second-order valence-electron chi connectivity index (χ2n) is 4.76. The van der Waals surface area contributed by atoms with Crippen LogP contribution < -0.4 is 5.73 Å². The number of hydrogen-bond donors (Lipinski definition) is 1. The molecule has 2 aromatic rings. The monoisotopic (exact) mass is 325 g/mol. The molecule has 0 bridgehead atoms. The molecule has 1 saturated heterocycles. The highest BCUT2D eigenvalue weighted by Gasteiger charge is 2.40. The zero-order chi connectivity index (χ0) is 15.0. The summed E-state index contributed by atoms with van der Waals surface area (Å²) in [5.74, 6) is 2.90. The zero-order valence-electron chi connectivity index (χ0n) is 11.0. The second-order valence-corrected chi connectivity index (χ2v) is 5.43. The van der Waals surface area contributed by atoms with Gasteiger partial charge in [-0.2, -0.15) is 9.97 Å². The predicted octanol–water partition coefficient (Wildman–Crippen LogP) is 1.55. The number of nitrogens with two attached hydrogens (primary N) is 1. The summed E-state index contributed by atoms with van der Waals surface area (Å²) in [5, 5.41) is 0.0660. The highest BCUT2D eigenvalue weighted by atomic mass is 35.5. The van der Waals surface area contributed by atoms with Crippen LogP contribution in [0.1, 0.15) is 19.1 Å². The van der Waals surface area contributed by atoms with Crippen LogP contribution in [0.2, 0.25) is 5.28 Å². The third-order valence-corrected chi connectivity index (χ3v) is 3.80. The number of terminal acetylenes is 1. The highest BCUT2D eigenvalue weighted by Crippen LogP contribution is 2.38. The van der Waals surface area contributed by atoms with E-state index < -0.39 is 5.60 Å². The van der Waals surface area contributed by atoms with Gasteiger partial charge in [0.2, 0.25) is 5.28 Å². The fraction of sp³-hybridized carbons (Fsp3) is 0.417. The lowest BCUT2D eigenvalue weighted by Crippen LogP contribution is -2.31. The Balaban J connectivity index is 1.98. The third-order valence-electron chi connectivity index (χ3n) is 3.47. The number of rotatable bonds is 3. The molecular weight excluding hydrogens is 313 g/mol. The molecule has 1 fully saturated rings. The van der Waals surface area contributed by atoms with Crippen molar-refractivity contribution in [3.8, 4) is 12.3 Å². The van der Waals surface area contributed by atoms with Gasteiger partial charge in [0.25, 0.3) is 0 Å². The van der Waals surface area contributed by atoms with Crippen LogP contribution in [0.25, 0.3) is 11.2 Å². The first kappa shape index (κ1) is 14.5. The number of anilines is 1. The average Bonchev–Trinajstić information content (AvgIpc) is 3.04. The van der Waals surface area contributed by atoms with Crippen LogP contribution in [0.15, 0.2) is 6.33 Å². The summed E-state index contributed by atoms with van der Waals surface area (Å²) in [6.45, 7) is 0.301. The molecule has 7 nitrogen and oxygen atoms in total. The van der Waals surface area contributed by atoms with Crippen molar-refractivity contribution in [2.75, 3.05) is 12.3 Å². The number of imidazole rings is 1. The van der Waals surface area contributed by atoms with E-state index in [1.165, 1.54) is 0 Å². The molecule has 0 spiro atoms. The van der Waals surface area contributed by atoms with Gasteiger partial charge >= 0.3 is 0 Å². The van der Waals surface area contributed by atoms with Crippen LogP contribution in [0.5, 0.6) is 0 Å². The maximum absolute atomic E-state index is 5.98. The maximum Gasteiger partial charge on any atom is 0.226 e. The van der Waals surface area contributed by atoms with Crippen LogP contribution in [0.4, 0.5) is 5.82 Å². The molecule has 1 aliphatic heterocycles. The van der Waals surface area contributed by atoms with Gasteiger partial charge in [0, 0.05) is 9.47 Å². The van der Waals surface area contributed by atoms with Gasteiger partial charge in [-0.15, -0.1) is 6.42 Å². The van der Waals surface area contributed by atoms with Crippen molar-refractivity contribution >= 4 is 38.0 Å². The maximum atomic E-state index is 5.98. The van der Waals surface area contributed by atoms with Gasteiger partial charge < -0.3 is 15.0 Å². The number of aromatic nitrogens is 4. The van der Waals surface area contributed by atoms with E-state index in [2.05, 4.69) is 30.3 Å². The Bertz CT molecular complexity index is 730. The van der Waals surface area contributed by atoms with E-state index >= 15 is 0 Å². The summed E-state index contributed by atoms with van der Waals surface area (Å²) >= 11 is 5.85. The van der Waals surface area contributed by atoms with Crippen molar-refractivity contribution in [3.05, 3.63) is 11.6 Å². The number of halogens is 1. The first-order valence-electron chi connectivity index (χ1n) is 6.21. The molecule has 3 heterocycles. The van der Waals surface area contributed by atoms with E-state index in [4.69, 9.17) is 33.0 Å². The molecule has 0 aliphatic carbocycles. The van der Waals surface area contributed by atoms with Crippen molar-refractivity contribution in [1.82, 2.24) is 19.5 Å². The molecule has 9 heteroatoms. The molecule has 21 heavy (non-hydrogen) atoms. The minimum atomic E-state index is -0.745. The highest BCUT2D eigenvalue weighted by molar-refractivity contribution is 7.09.